The van der Waals surface area contributed by atoms with E-state index < -0.39 is 12.2 Å². The van der Waals surface area contributed by atoms with E-state index in [1.807, 2.05) is 94.7 Å². The molecule has 3 unspecified atom stereocenters. The molecule has 108 heavy (non-hydrogen) atoms. The van der Waals surface area contributed by atoms with Gasteiger partial charge in [0.1, 0.15) is 23.8 Å². The van der Waals surface area contributed by atoms with E-state index in [0.717, 1.165) is 194 Å². The number of rotatable bonds is 11. The first-order valence-corrected chi connectivity index (χ1v) is 38.5. The van der Waals surface area contributed by atoms with Crippen LogP contribution in [0.2, 0.25) is 15.1 Å². The smallest absolute Gasteiger partial charge is 0.327 e. The van der Waals surface area contributed by atoms with Crippen LogP contribution in [0, 0.1) is 0 Å². The van der Waals surface area contributed by atoms with Gasteiger partial charge in [0.2, 0.25) is 23.6 Å². The number of aromatic nitrogens is 4. The minimum Gasteiger partial charge on any atom is -0.481 e. The average Bonchev–Trinajstić information content (AvgIpc) is 1.47. The van der Waals surface area contributed by atoms with E-state index in [0.29, 0.717) is 57.0 Å². The molecule has 9 aliphatic rings. The summed E-state index contributed by atoms with van der Waals surface area (Å²) in [5.74, 6) is 2.13. The molecule has 5 fully saturated rings. The highest BCUT2D eigenvalue weighted by Gasteiger charge is 2.41. The number of likely N-dealkylation sites (tertiary alicyclic amines) is 3. The number of ether oxygens (including phenoxy) is 3. The number of piperidine rings is 2. The minimum absolute atomic E-state index is 0.0344. The van der Waals surface area contributed by atoms with Crippen LogP contribution in [0.3, 0.4) is 0 Å². The van der Waals surface area contributed by atoms with Crippen LogP contribution in [0.4, 0.5) is 10.5 Å². The summed E-state index contributed by atoms with van der Waals surface area (Å²) in [5, 5.41) is 11.2. The van der Waals surface area contributed by atoms with Crippen molar-refractivity contribution in [3.63, 3.8) is 0 Å². The number of urea groups is 1. The molecule has 19 rings (SSSR count). The van der Waals surface area contributed by atoms with Gasteiger partial charge in [-0.3, -0.25) is 63.2 Å². The molecule has 10 aromatic rings. The molecule has 23 nitrogen and oxygen atoms in total. The lowest BCUT2D eigenvalue weighted by Gasteiger charge is -2.28. The molecule has 27 heteroatoms. The van der Waals surface area contributed by atoms with Gasteiger partial charge >= 0.3 is 6.03 Å². The molecule has 0 radical (unpaired) electrons. The van der Waals surface area contributed by atoms with E-state index in [1.165, 1.54) is 30.9 Å². The van der Waals surface area contributed by atoms with Crippen LogP contribution in [-0.2, 0) is 78.9 Å². The Morgan fingerprint density at radius 2 is 1.06 bits per heavy atom. The lowest BCUT2D eigenvalue weighted by atomic mass is 9.96. The monoisotopic (exact) mass is 1530 g/mol. The van der Waals surface area contributed by atoms with E-state index in [4.69, 9.17) is 53.5 Å². The van der Waals surface area contributed by atoms with Gasteiger partial charge in [-0.05, 0) is 134 Å². The van der Waals surface area contributed by atoms with Crippen LogP contribution in [0.5, 0.6) is 17.2 Å². The van der Waals surface area contributed by atoms with Gasteiger partial charge in [0.25, 0.3) is 17.7 Å². The number of nitrogens with one attached hydrogen (secondary N) is 1. The van der Waals surface area contributed by atoms with Crippen LogP contribution in [0.25, 0.3) is 65.4 Å². The van der Waals surface area contributed by atoms with Crippen molar-refractivity contribution < 1.29 is 57.1 Å². The first-order valence-electron chi connectivity index (χ1n) is 36.6. The zero-order chi connectivity index (χ0) is 74.2. The molecule has 5 saturated heterocycles. The second-order valence-electron chi connectivity index (χ2n) is 28.6. The van der Waals surface area contributed by atoms with Gasteiger partial charge < -0.3 is 38.8 Å². The Morgan fingerprint density at radius 1 is 0.528 bits per heavy atom. The number of benzene rings is 5. The summed E-state index contributed by atoms with van der Waals surface area (Å²) in [6.45, 7) is 5.30. The van der Waals surface area contributed by atoms with Crippen LogP contribution in [0.1, 0.15) is 114 Å². The van der Waals surface area contributed by atoms with Crippen molar-refractivity contribution >= 4 is 131 Å². The fourth-order valence-electron chi connectivity index (χ4n) is 16.2. The van der Waals surface area contributed by atoms with Crippen LogP contribution >= 0.6 is 46.1 Å². The third-order valence-electron chi connectivity index (χ3n) is 21.5. The average molecular weight is 1530 g/mol. The third-order valence-corrected chi connectivity index (χ3v) is 23.3. The molecule has 14 heterocycles. The standard InChI is InChI=1S/C28H23ClN4O4.C27H24ClN3O4.C26H25ClN4O4S/c29-17-10-16-11-24(28-21-13-30-7-6-22(21)32-37-28)36-27(16)20(12-17)18-5-8-31-23-9-15(1-2-19(18)23)14-33-25(34)3-4-26(33)35;28-17-12-16-13-23(27(34)30-10-2-1-3-11-30)35-26(16)21(14-17)19-8-9-29-22-15-18(4-5-20(19)22)31-24(32)6-7-25(31)33;1-29-14-22(32)31(26(29)34)13-17-12-20-24(36-17)18(5-6-28-20)19-11-16(27)9-15-10-21(35-23(15)19)25(33)30-7-3-2-4-8-30/h1-2,5,8-10,12,24,30H,3-4,6-7,11,13-14H2;4-5,8-9,12,14-15,23H,1-3,6-7,10-11,13H2;5-6,9,11-12,21H,2-4,7-8,10,13-14H2,1H3. The molecule has 9 amide bonds. The quantitative estimate of drug-likeness (QED) is 0.0932. The number of carbonyl (C=O) groups excluding carboxylic acids is 8. The molecule has 0 saturated carbocycles. The van der Waals surface area contributed by atoms with Gasteiger partial charge in [-0.25, -0.2) is 4.79 Å². The maximum atomic E-state index is 13.2. The number of carbonyl (C=O) groups is 8. The molecule has 1 N–H and O–H groups in total. The van der Waals surface area contributed by atoms with Gasteiger partial charge in [0.05, 0.1) is 45.7 Å². The molecule has 0 spiro atoms. The summed E-state index contributed by atoms with van der Waals surface area (Å²) >= 11 is 21.1. The second-order valence-corrected chi connectivity index (χ2v) is 31.0. The molecular formula is C81H72Cl3N11O12S. The van der Waals surface area contributed by atoms with Crippen LogP contribution in [-0.4, -0.2) is 151 Å². The van der Waals surface area contributed by atoms with Gasteiger partial charge in [0, 0.05) is 191 Å². The van der Waals surface area contributed by atoms with Gasteiger partial charge in [-0.1, -0.05) is 58.2 Å². The Kier molecular flexibility index (Phi) is 19.2. The highest BCUT2D eigenvalue weighted by Crippen LogP contribution is 2.50. The first kappa shape index (κ1) is 70.6. The minimum atomic E-state index is -0.549. The lowest BCUT2D eigenvalue weighted by Crippen LogP contribution is -2.43. The number of amides is 9. The van der Waals surface area contributed by atoms with Gasteiger partial charge in [-0.2, -0.15) is 0 Å². The second kappa shape index (κ2) is 29.3. The number of hydrogen-bond donors (Lipinski definition) is 1. The Hall–Kier alpha value is -10.4. The molecule has 550 valence electrons. The zero-order valence-electron chi connectivity index (χ0n) is 58.9. The molecule has 5 aromatic heterocycles. The number of likely N-dealkylation sites (N-methyl/N-ethyl adjacent to an activating group) is 1. The Morgan fingerprint density at radius 3 is 1.64 bits per heavy atom. The number of anilines is 1. The van der Waals surface area contributed by atoms with Crippen molar-refractivity contribution in [1.82, 2.24) is 49.9 Å². The molecular weight excluding hydrogens is 1460 g/mol. The summed E-state index contributed by atoms with van der Waals surface area (Å²) in [6.07, 6.45) is 13.8. The van der Waals surface area contributed by atoms with E-state index in [9.17, 15) is 38.4 Å². The largest absolute Gasteiger partial charge is 0.481 e. The Balaban J connectivity index is 0.000000119. The number of halogens is 3. The summed E-state index contributed by atoms with van der Waals surface area (Å²) in [4.78, 5) is 123. The Labute approximate surface area is 638 Å². The highest BCUT2D eigenvalue weighted by atomic mass is 35.5. The summed E-state index contributed by atoms with van der Waals surface area (Å²) < 4.78 is 25.8. The molecule has 5 aromatic carbocycles. The van der Waals surface area contributed by atoms with Crippen molar-refractivity contribution in [2.45, 2.75) is 128 Å². The number of pyridine rings is 3. The van der Waals surface area contributed by atoms with Crippen molar-refractivity contribution in [1.29, 1.82) is 0 Å². The van der Waals surface area contributed by atoms with Crippen molar-refractivity contribution in [3.8, 4) is 50.6 Å². The molecule has 0 aliphatic carbocycles. The lowest BCUT2D eigenvalue weighted by molar-refractivity contribution is -0.140. The maximum Gasteiger partial charge on any atom is 0.327 e. The maximum absolute atomic E-state index is 13.2. The number of thiophene rings is 1. The fourth-order valence-corrected chi connectivity index (χ4v) is 18.0. The van der Waals surface area contributed by atoms with Gasteiger partial charge in [0.15, 0.2) is 24.1 Å². The van der Waals surface area contributed by atoms with E-state index in [2.05, 4.69) is 25.4 Å². The first-order chi connectivity index (χ1) is 52.4. The highest BCUT2D eigenvalue weighted by molar-refractivity contribution is 7.19. The fraction of sp³-hybridized carbons (Fsp3) is 0.333. The number of fused-ring (bicyclic) bond motifs is 7. The van der Waals surface area contributed by atoms with Crippen molar-refractivity contribution in [3.05, 3.63) is 175 Å². The van der Waals surface area contributed by atoms with E-state index >= 15 is 0 Å². The summed E-state index contributed by atoms with van der Waals surface area (Å²) in [5.41, 5.74) is 13.8. The summed E-state index contributed by atoms with van der Waals surface area (Å²) in [7, 11) is 1.62. The SMILES string of the molecule is CN1CC(=O)N(Cc2cc3nccc(-c4cc(Cl)cc5c4OC(C(=O)N4CCCCC4)C5)c3s2)C1=O.O=C(C1Cc2cc(Cl)cc(-c3ccnc4cc(N5C(=O)CCC5=O)ccc34)c2O1)N1CCCCC1.O=C1CCC(=O)N1Cc1ccc2c(-c3cc(Cl)cc4c3OC(c3onc5c3CNCC5)C4)ccnc2c1. The van der Waals surface area contributed by atoms with Gasteiger partial charge in [-0.15, -0.1) is 11.3 Å². The number of nitrogens with zero attached hydrogens (tertiary/aromatic N) is 10. The zero-order valence-corrected chi connectivity index (χ0v) is 62.0. The normalized spacial score (nSPS) is 19.5. The summed E-state index contributed by atoms with van der Waals surface area (Å²) in [6, 6.07) is 30.0. The predicted molar refractivity (Wildman–Crippen MR) is 406 cm³/mol. The molecule has 3 atom stereocenters. The van der Waals surface area contributed by atoms with Crippen molar-refractivity contribution in [2.75, 3.05) is 51.2 Å². The van der Waals surface area contributed by atoms with Crippen molar-refractivity contribution in [2.24, 2.45) is 0 Å². The molecule has 0 bridgehead atoms. The van der Waals surface area contributed by atoms with E-state index in [1.54, 1.807) is 37.8 Å². The molecule has 9 aliphatic heterocycles. The predicted octanol–water partition coefficient (Wildman–Crippen LogP) is 13.4. The third kappa shape index (κ3) is 13.5. The topological polar surface area (TPSA) is 260 Å². The Bertz CT molecular complexity index is 5390. The number of imide groups is 3. The van der Waals surface area contributed by atoms with Crippen LogP contribution in [0.15, 0.2) is 120 Å². The van der Waals surface area contributed by atoms with E-state index in [-0.39, 0.29) is 98.8 Å². The van der Waals surface area contributed by atoms with Crippen LogP contribution < -0.4 is 24.4 Å². The number of hydrogen-bond acceptors (Lipinski definition) is 18.